The van der Waals surface area contributed by atoms with E-state index in [2.05, 4.69) is 43.1 Å². The maximum absolute atomic E-state index is 11.6. The molecule has 4 aromatic rings. The summed E-state index contributed by atoms with van der Waals surface area (Å²) in [6, 6.07) is 19.7. The first-order valence-electron chi connectivity index (χ1n) is 13.8. The summed E-state index contributed by atoms with van der Waals surface area (Å²) >= 11 is 0. The Morgan fingerprint density at radius 2 is 1.66 bits per heavy atom. The van der Waals surface area contributed by atoms with E-state index in [9.17, 15) is 14.7 Å². The Labute approximate surface area is 261 Å². The van der Waals surface area contributed by atoms with Gasteiger partial charge in [-0.15, -0.1) is 0 Å². The predicted octanol–water partition coefficient (Wildman–Crippen LogP) is 2.14. The van der Waals surface area contributed by atoms with Crippen LogP contribution in [0, 0.1) is 13.8 Å². The van der Waals surface area contributed by atoms with E-state index in [0.29, 0.717) is 25.4 Å². The average Bonchev–Trinajstić information content (AvgIpc) is 3.25. The van der Waals surface area contributed by atoms with Gasteiger partial charge in [0.05, 0.1) is 12.2 Å². The van der Waals surface area contributed by atoms with Gasteiger partial charge >= 0.3 is 35.3 Å². The van der Waals surface area contributed by atoms with E-state index in [-0.39, 0.29) is 36.1 Å². The SMILES string of the molecule is Cc1cc(OCCC2(O)CCCCC2)ccc1-c1cccc(COc2ccc(Cn3oc(=O)[n-]c3=O)cc2)c1C.[Na+]. The van der Waals surface area contributed by atoms with Crippen molar-refractivity contribution in [3.05, 3.63) is 104 Å². The van der Waals surface area contributed by atoms with Crippen molar-refractivity contribution in [1.82, 2.24) is 9.72 Å². The van der Waals surface area contributed by atoms with Crippen molar-refractivity contribution in [2.75, 3.05) is 6.61 Å². The van der Waals surface area contributed by atoms with Crippen LogP contribution >= 0.6 is 0 Å². The van der Waals surface area contributed by atoms with Gasteiger partial charge in [0.2, 0.25) is 0 Å². The summed E-state index contributed by atoms with van der Waals surface area (Å²) in [5, 5.41) is 10.7. The van der Waals surface area contributed by atoms with E-state index < -0.39 is 17.0 Å². The van der Waals surface area contributed by atoms with Crippen molar-refractivity contribution < 1.29 is 48.7 Å². The molecule has 0 saturated heterocycles. The van der Waals surface area contributed by atoms with Crippen molar-refractivity contribution in [3.63, 3.8) is 0 Å². The Kier molecular flexibility index (Phi) is 10.4. The van der Waals surface area contributed by atoms with Crippen LogP contribution < -0.4 is 55.5 Å². The second-order valence-corrected chi connectivity index (χ2v) is 10.7. The predicted molar refractivity (Wildman–Crippen MR) is 152 cm³/mol. The van der Waals surface area contributed by atoms with Gasteiger partial charge in [-0.2, -0.15) is 0 Å². The Bertz CT molecular complexity index is 1560. The zero-order chi connectivity index (χ0) is 28.1. The number of benzene rings is 3. The van der Waals surface area contributed by atoms with Gasteiger partial charge in [-0.3, -0.25) is 9.53 Å². The molecule has 3 aromatic carbocycles. The second kappa shape index (κ2) is 13.7. The van der Waals surface area contributed by atoms with Gasteiger partial charge in [-0.1, -0.05) is 55.7 Å². The monoisotopic (exact) mass is 566 g/mol. The van der Waals surface area contributed by atoms with Crippen molar-refractivity contribution in [3.8, 4) is 22.6 Å². The van der Waals surface area contributed by atoms with Crippen molar-refractivity contribution in [2.45, 2.75) is 71.1 Å². The van der Waals surface area contributed by atoms with Gasteiger partial charge in [0.15, 0.2) is 5.69 Å². The molecule has 1 saturated carbocycles. The van der Waals surface area contributed by atoms with Crippen LogP contribution in [0.3, 0.4) is 0 Å². The fourth-order valence-electron chi connectivity index (χ4n) is 5.38. The molecule has 1 aromatic heterocycles. The van der Waals surface area contributed by atoms with E-state index in [1.807, 2.05) is 36.4 Å². The molecule has 41 heavy (non-hydrogen) atoms. The third-order valence-electron chi connectivity index (χ3n) is 7.79. The Morgan fingerprint density at radius 1 is 0.927 bits per heavy atom. The molecule has 0 aliphatic heterocycles. The molecular formula is C32H35N2NaO6. The molecular weight excluding hydrogens is 531 g/mol. The second-order valence-electron chi connectivity index (χ2n) is 10.7. The number of aromatic nitrogens is 2. The Morgan fingerprint density at radius 3 is 2.34 bits per heavy atom. The maximum atomic E-state index is 11.6. The molecule has 1 heterocycles. The van der Waals surface area contributed by atoms with Crippen LogP contribution in [0.15, 0.2) is 74.8 Å². The first-order chi connectivity index (χ1) is 19.3. The van der Waals surface area contributed by atoms with E-state index >= 15 is 0 Å². The molecule has 0 atom stereocenters. The summed E-state index contributed by atoms with van der Waals surface area (Å²) in [7, 11) is 0. The molecule has 0 spiro atoms. The molecule has 1 fully saturated rings. The zero-order valence-electron chi connectivity index (χ0n) is 24.0. The first kappa shape index (κ1) is 30.9. The minimum absolute atomic E-state index is 0. The summed E-state index contributed by atoms with van der Waals surface area (Å²) in [4.78, 5) is 25.9. The minimum atomic E-state index is -0.896. The smallest absolute Gasteiger partial charge is 0.493 e. The third-order valence-corrected chi connectivity index (χ3v) is 7.79. The quantitative estimate of drug-likeness (QED) is 0.293. The number of hydrogen-bond donors (Lipinski definition) is 1. The minimum Gasteiger partial charge on any atom is -0.493 e. The summed E-state index contributed by atoms with van der Waals surface area (Å²) in [5.41, 5.74) is 5.16. The Hall–Kier alpha value is -3.04. The van der Waals surface area contributed by atoms with Gasteiger partial charge in [-0.25, -0.2) is 4.79 Å². The van der Waals surface area contributed by atoms with Crippen LogP contribution in [-0.2, 0) is 13.2 Å². The number of nitrogens with zero attached hydrogens (tertiary/aromatic N) is 2. The van der Waals surface area contributed by atoms with Gasteiger partial charge in [0.25, 0.3) is 0 Å². The number of rotatable bonds is 10. The van der Waals surface area contributed by atoms with Gasteiger partial charge in [-0.05, 0) is 84.3 Å². The van der Waals surface area contributed by atoms with Crippen LogP contribution in [0.1, 0.15) is 60.8 Å². The van der Waals surface area contributed by atoms with Crippen LogP contribution in [0.5, 0.6) is 11.5 Å². The normalized spacial score (nSPS) is 14.3. The average molecular weight is 567 g/mol. The van der Waals surface area contributed by atoms with E-state index in [4.69, 9.17) is 14.0 Å². The number of hydrogen-bond acceptors (Lipinski definition) is 6. The molecule has 8 nitrogen and oxygen atoms in total. The van der Waals surface area contributed by atoms with Crippen LogP contribution in [0.4, 0.5) is 0 Å². The molecule has 5 rings (SSSR count). The largest absolute Gasteiger partial charge is 1.00 e. The number of aliphatic hydroxyl groups is 1. The molecule has 1 aliphatic rings. The molecule has 210 valence electrons. The fraction of sp³-hybridized carbons (Fsp3) is 0.375. The standard InChI is InChI=1S/C32H36N2O6.Na/c1-22-19-27(38-18-17-32(37)15-4-3-5-16-32)13-14-28(22)29-8-6-7-25(23(29)2)21-39-26-11-9-24(10-12-26)20-34-30(35)33-31(36)40-34;/h6-14,19,37H,3-5,15-18,20-21H2,1-2H3,(H,33,35,36);/q;+1/p-1. The molecule has 9 heteroatoms. The van der Waals surface area contributed by atoms with E-state index in [1.165, 1.54) is 6.42 Å². The Balaban J connectivity index is 0.00000387. The van der Waals surface area contributed by atoms with Crippen LogP contribution in [0.2, 0.25) is 0 Å². The topological polar surface area (TPSA) is 105 Å². The van der Waals surface area contributed by atoms with Gasteiger partial charge in [0, 0.05) is 13.0 Å². The summed E-state index contributed by atoms with van der Waals surface area (Å²) in [5.74, 6) is 0.619. The number of aryl methyl sites for hydroxylation is 1. The van der Waals surface area contributed by atoms with Crippen molar-refractivity contribution >= 4 is 0 Å². The molecule has 0 radical (unpaired) electrons. The summed E-state index contributed by atoms with van der Waals surface area (Å²) in [6.45, 7) is 5.24. The van der Waals surface area contributed by atoms with Crippen molar-refractivity contribution in [1.29, 1.82) is 0 Å². The van der Waals surface area contributed by atoms with E-state index in [1.54, 1.807) is 0 Å². The third kappa shape index (κ3) is 7.83. The zero-order valence-corrected chi connectivity index (χ0v) is 26.0. The summed E-state index contributed by atoms with van der Waals surface area (Å²) in [6.07, 6.45) is 5.81. The van der Waals surface area contributed by atoms with Crippen LogP contribution in [-0.4, -0.2) is 22.1 Å². The molecule has 0 amide bonds. The molecule has 0 bridgehead atoms. The molecule has 1 N–H and O–H groups in total. The molecule has 1 aliphatic carbocycles. The fourth-order valence-corrected chi connectivity index (χ4v) is 5.38. The summed E-state index contributed by atoms with van der Waals surface area (Å²) < 4.78 is 17.8. The maximum Gasteiger partial charge on any atom is 1.00 e. The first-order valence-corrected chi connectivity index (χ1v) is 13.8. The van der Waals surface area contributed by atoms with Crippen LogP contribution in [0.25, 0.3) is 11.1 Å². The van der Waals surface area contributed by atoms with Gasteiger partial charge in [0.1, 0.15) is 18.1 Å². The molecule has 0 unspecified atom stereocenters. The van der Waals surface area contributed by atoms with Gasteiger partial charge < -0.3 is 24.1 Å². The van der Waals surface area contributed by atoms with E-state index in [0.717, 1.165) is 69.6 Å². The number of ether oxygens (including phenoxy) is 2. The van der Waals surface area contributed by atoms with Crippen molar-refractivity contribution in [2.24, 2.45) is 0 Å².